The molecule has 0 heterocycles. The highest BCUT2D eigenvalue weighted by Gasteiger charge is 2.31. The Morgan fingerprint density at radius 2 is 1.48 bits per heavy atom. The van der Waals surface area contributed by atoms with Crippen LogP contribution in [-0.2, 0) is 27.2 Å². The lowest BCUT2D eigenvalue weighted by Crippen LogP contribution is -2.58. The highest BCUT2D eigenvalue weighted by molar-refractivity contribution is 5.92. The van der Waals surface area contributed by atoms with Crippen molar-refractivity contribution in [2.75, 3.05) is 0 Å². The molecule has 4 atom stereocenters. The number of aliphatic hydroxyl groups is 1. The van der Waals surface area contributed by atoms with E-state index >= 15 is 0 Å². The first-order valence-corrected chi connectivity index (χ1v) is 9.76. The summed E-state index contributed by atoms with van der Waals surface area (Å²) in [7, 11) is 0. The van der Waals surface area contributed by atoms with E-state index in [0.717, 1.165) is 5.56 Å². The Balaban J connectivity index is 2.02. The number of benzene rings is 2. The van der Waals surface area contributed by atoms with Crippen molar-refractivity contribution in [3.8, 4) is 5.75 Å². The summed E-state index contributed by atoms with van der Waals surface area (Å²) < 4.78 is 0. The highest BCUT2D eigenvalue weighted by Crippen LogP contribution is 2.12. The zero-order valence-electron chi connectivity index (χ0n) is 17.1. The van der Waals surface area contributed by atoms with Gasteiger partial charge in [-0.1, -0.05) is 42.5 Å². The number of phenols is 1. The number of carbonyl (C=O) groups excluding carboxylic acids is 2. The third-order valence-corrected chi connectivity index (χ3v) is 4.69. The summed E-state index contributed by atoms with van der Waals surface area (Å²) in [4.78, 5) is 36.7. The molecule has 0 aromatic heterocycles. The van der Waals surface area contributed by atoms with E-state index in [4.69, 9.17) is 5.73 Å². The van der Waals surface area contributed by atoms with Crippen LogP contribution in [0, 0.1) is 0 Å². The first-order valence-electron chi connectivity index (χ1n) is 9.76. The largest absolute Gasteiger partial charge is 0.508 e. The molecule has 0 saturated carbocycles. The zero-order valence-corrected chi connectivity index (χ0v) is 17.1. The van der Waals surface area contributed by atoms with Crippen molar-refractivity contribution in [3.05, 3.63) is 65.7 Å². The van der Waals surface area contributed by atoms with Gasteiger partial charge in [-0.2, -0.15) is 0 Å². The Labute approximate surface area is 179 Å². The maximum Gasteiger partial charge on any atom is 0.326 e. The van der Waals surface area contributed by atoms with E-state index in [1.54, 1.807) is 0 Å². The normalized spacial score (nSPS) is 14.7. The lowest BCUT2D eigenvalue weighted by Gasteiger charge is -2.24. The molecule has 31 heavy (non-hydrogen) atoms. The minimum atomic E-state index is -1.38. The molecule has 2 rings (SSSR count). The number of hydrogen-bond acceptors (Lipinski definition) is 6. The van der Waals surface area contributed by atoms with Gasteiger partial charge in [-0.25, -0.2) is 4.79 Å². The summed E-state index contributed by atoms with van der Waals surface area (Å²) in [5, 5.41) is 33.5. The molecule has 2 aromatic rings. The van der Waals surface area contributed by atoms with Crippen molar-refractivity contribution in [1.82, 2.24) is 10.6 Å². The molecule has 0 aliphatic rings. The van der Waals surface area contributed by atoms with Crippen molar-refractivity contribution >= 4 is 17.8 Å². The van der Waals surface area contributed by atoms with Crippen molar-refractivity contribution in [2.24, 2.45) is 5.73 Å². The van der Waals surface area contributed by atoms with Crippen LogP contribution in [0.1, 0.15) is 18.1 Å². The van der Waals surface area contributed by atoms with Crippen LogP contribution in [0.2, 0.25) is 0 Å². The second kappa shape index (κ2) is 11.1. The molecule has 0 unspecified atom stereocenters. The fourth-order valence-corrected chi connectivity index (χ4v) is 2.96. The second-order valence-electron chi connectivity index (χ2n) is 7.29. The Kier molecular flexibility index (Phi) is 8.53. The number of phenolic OH excluding ortho intramolecular Hbond substituents is 1. The van der Waals surface area contributed by atoms with Crippen LogP contribution in [0.4, 0.5) is 0 Å². The van der Waals surface area contributed by atoms with Crippen molar-refractivity contribution in [2.45, 2.75) is 44.0 Å². The van der Waals surface area contributed by atoms with E-state index in [1.807, 2.05) is 30.3 Å². The molecule has 0 aliphatic carbocycles. The third kappa shape index (κ3) is 7.40. The van der Waals surface area contributed by atoms with Gasteiger partial charge in [0, 0.05) is 6.42 Å². The SMILES string of the molecule is C[C@@H](O)[C@H](NC(=O)[C@@H](N)Cc1ccccc1)C(=O)N[C@@H](Cc1ccc(O)cc1)C(=O)O. The van der Waals surface area contributed by atoms with Crippen LogP contribution in [0.15, 0.2) is 54.6 Å². The van der Waals surface area contributed by atoms with Crippen LogP contribution < -0.4 is 16.4 Å². The predicted octanol–water partition coefficient (Wildman–Crippen LogP) is -0.0603. The Morgan fingerprint density at radius 1 is 0.903 bits per heavy atom. The van der Waals surface area contributed by atoms with Gasteiger partial charge in [0.2, 0.25) is 11.8 Å². The minimum Gasteiger partial charge on any atom is -0.508 e. The van der Waals surface area contributed by atoms with Crippen LogP contribution >= 0.6 is 0 Å². The van der Waals surface area contributed by atoms with E-state index in [9.17, 15) is 29.7 Å². The van der Waals surface area contributed by atoms with Crippen molar-refractivity contribution < 1.29 is 29.7 Å². The summed E-state index contributed by atoms with van der Waals surface area (Å²) in [6, 6.07) is 11.3. The predicted molar refractivity (Wildman–Crippen MR) is 113 cm³/mol. The highest BCUT2D eigenvalue weighted by atomic mass is 16.4. The van der Waals surface area contributed by atoms with Crippen LogP contribution in [0.5, 0.6) is 5.75 Å². The fourth-order valence-electron chi connectivity index (χ4n) is 2.96. The number of aromatic hydroxyl groups is 1. The molecule has 9 nitrogen and oxygen atoms in total. The smallest absolute Gasteiger partial charge is 0.326 e. The summed E-state index contributed by atoms with van der Waals surface area (Å²) >= 11 is 0. The number of aliphatic carboxylic acids is 1. The van der Waals surface area contributed by atoms with E-state index in [0.29, 0.717) is 5.56 Å². The summed E-state index contributed by atoms with van der Waals surface area (Å²) in [6.07, 6.45) is -1.09. The van der Waals surface area contributed by atoms with E-state index in [1.165, 1.54) is 31.2 Å². The van der Waals surface area contributed by atoms with E-state index in [2.05, 4.69) is 10.6 Å². The van der Waals surface area contributed by atoms with Gasteiger partial charge in [-0.05, 0) is 36.6 Å². The van der Waals surface area contributed by atoms with Crippen LogP contribution in [0.25, 0.3) is 0 Å². The van der Waals surface area contributed by atoms with Gasteiger partial charge < -0.3 is 31.7 Å². The lowest BCUT2D eigenvalue weighted by molar-refractivity contribution is -0.142. The molecule has 166 valence electrons. The van der Waals surface area contributed by atoms with Gasteiger partial charge in [0.1, 0.15) is 17.8 Å². The number of carboxylic acid groups (broad SMARTS) is 1. The molecule has 0 bridgehead atoms. The number of nitrogens with one attached hydrogen (secondary N) is 2. The number of nitrogens with two attached hydrogens (primary N) is 1. The molecular weight excluding hydrogens is 402 g/mol. The number of carboxylic acids is 1. The Morgan fingerprint density at radius 3 is 2.03 bits per heavy atom. The molecule has 2 aromatic carbocycles. The molecule has 0 radical (unpaired) electrons. The summed E-state index contributed by atoms with van der Waals surface area (Å²) in [5.74, 6) is -2.74. The fraction of sp³-hybridized carbons (Fsp3) is 0.318. The number of rotatable bonds is 10. The zero-order chi connectivity index (χ0) is 23.0. The first-order chi connectivity index (χ1) is 14.7. The molecular formula is C22H27N3O6. The minimum absolute atomic E-state index is 0.0309. The number of carbonyl (C=O) groups is 3. The number of hydrogen-bond donors (Lipinski definition) is 6. The molecule has 0 saturated heterocycles. The second-order valence-corrected chi connectivity index (χ2v) is 7.29. The van der Waals surface area contributed by atoms with Crippen molar-refractivity contribution in [1.29, 1.82) is 0 Å². The van der Waals surface area contributed by atoms with Gasteiger partial charge >= 0.3 is 5.97 Å². The Bertz CT molecular complexity index is 886. The standard InChI is InChI=1S/C22H27N3O6/c1-13(26)19(25-20(28)17(23)11-14-5-3-2-4-6-14)21(29)24-18(22(30)31)12-15-7-9-16(27)10-8-15/h2-10,13,17-19,26-27H,11-12,23H2,1H3,(H,24,29)(H,25,28)(H,30,31)/t13-,17+,18+,19+/m1/s1. The number of aliphatic hydroxyl groups excluding tert-OH is 1. The van der Waals surface area contributed by atoms with Crippen LogP contribution in [0.3, 0.4) is 0 Å². The van der Waals surface area contributed by atoms with Crippen LogP contribution in [-0.4, -0.2) is 57.3 Å². The van der Waals surface area contributed by atoms with E-state index < -0.39 is 42.0 Å². The first kappa shape index (κ1) is 23.8. The lowest BCUT2D eigenvalue weighted by atomic mass is 10.0. The molecule has 0 spiro atoms. The monoisotopic (exact) mass is 429 g/mol. The maximum atomic E-state index is 12.6. The van der Waals surface area contributed by atoms with Crippen molar-refractivity contribution in [3.63, 3.8) is 0 Å². The average Bonchev–Trinajstić information content (AvgIpc) is 2.73. The molecule has 9 heteroatoms. The van der Waals surface area contributed by atoms with Gasteiger partial charge in [0.15, 0.2) is 0 Å². The molecule has 0 aliphatic heterocycles. The Hall–Kier alpha value is -3.43. The quantitative estimate of drug-likeness (QED) is 0.308. The molecule has 7 N–H and O–H groups in total. The van der Waals surface area contributed by atoms with Gasteiger partial charge in [0.05, 0.1) is 12.1 Å². The summed E-state index contributed by atoms with van der Waals surface area (Å²) in [6.45, 7) is 1.31. The van der Waals surface area contributed by atoms with Gasteiger partial charge in [-0.3, -0.25) is 9.59 Å². The van der Waals surface area contributed by atoms with Gasteiger partial charge in [-0.15, -0.1) is 0 Å². The number of amides is 2. The topological polar surface area (TPSA) is 162 Å². The maximum absolute atomic E-state index is 12.6. The molecule has 2 amide bonds. The average molecular weight is 429 g/mol. The van der Waals surface area contributed by atoms with Gasteiger partial charge in [0.25, 0.3) is 0 Å². The summed E-state index contributed by atoms with van der Waals surface area (Å²) in [5.41, 5.74) is 7.33. The third-order valence-electron chi connectivity index (χ3n) is 4.69. The van der Waals surface area contributed by atoms with E-state index in [-0.39, 0.29) is 18.6 Å². The molecule has 0 fully saturated rings.